The summed E-state index contributed by atoms with van der Waals surface area (Å²) in [6.07, 6.45) is 0. The van der Waals surface area contributed by atoms with Gasteiger partial charge in [0, 0.05) is 25.7 Å². The minimum atomic E-state index is -0.0736. The first-order valence-corrected chi connectivity index (χ1v) is 6.55. The third-order valence-corrected chi connectivity index (χ3v) is 3.12. The van der Waals surface area contributed by atoms with Gasteiger partial charge in [-0.3, -0.25) is 4.79 Å². The van der Waals surface area contributed by atoms with Crippen LogP contribution in [-0.2, 0) is 0 Å². The van der Waals surface area contributed by atoms with E-state index < -0.39 is 0 Å². The molecule has 0 radical (unpaired) electrons. The second-order valence-corrected chi connectivity index (χ2v) is 4.53. The van der Waals surface area contributed by atoms with Crippen LogP contribution in [0.5, 0.6) is 17.2 Å². The first kappa shape index (κ1) is 17.4. The fourth-order valence-electron chi connectivity index (χ4n) is 2.00. The molecule has 118 valence electrons. The molecule has 2 rings (SSSR count). The number of ether oxygens (including phenoxy) is 3. The number of amides is 1. The topological polar surface area (TPSA) is 60.0 Å². The Morgan fingerprint density at radius 3 is 2.76 bits per heavy atom. The predicted molar refractivity (Wildman–Crippen MR) is 82.1 cm³/mol. The van der Waals surface area contributed by atoms with Gasteiger partial charge in [-0.2, -0.15) is 0 Å². The SMILES string of the molecule is CNCCN(C)C(=O)c1cc(OC)c2c(c1)OCCO2.Cl. The van der Waals surface area contributed by atoms with Crippen LogP contribution in [0.15, 0.2) is 12.1 Å². The Bertz CT molecular complexity index is 479. The summed E-state index contributed by atoms with van der Waals surface area (Å²) in [7, 11) is 5.17. The van der Waals surface area contributed by atoms with Crippen molar-refractivity contribution >= 4 is 18.3 Å². The van der Waals surface area contributed by atoms with E-state index in [4.69, 9.17) is 14.2 Å². The molecule has 0 bridgehead atoms. The van der Waals surface area contributed by atoms with E-state index in [0.717, 1.165) is 6.54 Å². The molecule has 1 N–H and O–H groups in total. The van der Waals surface area contributed by atoms with Crippen LogP contribution in [0.1, 0.15) is 10.4 Å². The molecule has 1 amide bonds. The Kier molecular flexibility index (Phi) is 6.58. The van der Waals surface area contributed by atoms with Crippen molar-refractivity contribution in [3.05, 3.63) is 17.7 Å². The van der Waals surface area contributed by atoms with Gasteiger partial charge in [-0.1, -0.05) is 0 Å². The van der Waals surface area contributed by atoms with Crippen molar-refractivity contribution in [2.75, 3.05) is 47.5 Å². The van der Waals surface area contributed by atoms with Crippen LogP contribution in [0.3, 0.4) is 0 Å². The predicted octanol–water partition coefficient (Wildman–Crippen LogP) is 1.18. The minimum Gasteiger partial charge on any atom is -0.493 e. The summed E-state index contributed by atoms with van der Waals surface area (Å²) in [4.78, 5) is 14.0. The second-order valence-electron chi connectivity index (χ2n) is 4.53. The van der Waals surface area contributed by atoms with Gasteiger partial charge < -0.3 is 24.4 Å². The number of nitrogens with one attached hydrogen (secondary N) is 1. The van der Waals surface area contributed by atoms with Crippen LogP contribution < -0.4 is 19.5 Å². The highest BCUT2D eigenvalue weighted by Gasteiger charge is 2.22. The lowest BCUT2D eigenvalue weighted by molar-refractivity contribution is 0.0795. The van der Waals surface area contributed by atoms with Gasteiger partial charge in [-0.05, 0) is 19.2 Å². The minimum absolute atomic E-state index is 0. The zero-order chi connectivity index (χ0) is 14.5. The van der Waals surface area contributed by atoms with Gasteiger partial charge in [-0.25, -0.2) is 0 Å². The van der Waals surface area contributed by atoms with Crippen molar-refractivity contribution < 1.29 is 19.0 Å². The maximum atomic E-state index is 12.4. The highest BCUT2D eigenvalue weighted by Crippen LogP contribution is 2.40. The Morgan fingerprint density at radius 2 is 2.10 bits per heavy atom. The molecule has 0 atom stereocenters. The number of hydrogen-bond acceptors (Lipinski definition) is 5. The first-order chi connectivity index (χ1) is 9.67. The lowest BCUT2D eigenvalue weighted by Gasteiger charge is -2.23. The van der Waals surface area contributed by atoms with E-state index >= 15 is 0 Å². The number of benzene rings is 1. The Morgan fingerprint density at radius 1 is 1.38 bits per heavy atom. The van der Waals surface area contributed by atoms with Gasteiger partial charge in [0.25, 0.3) is 5.91 Å². The number of carbonyl (C=O) groups excluding carboxylic acids is 1. The second kappa shape index (κ2) is 7.95. The summed E-state index contributed by atoms with van der Waals surface area (Å²) >= 11 is 0. The molecule has 7 heteroatoms. The van der Waals surface area contributed by atoms with Crippen LogP contribution in [-0.4, -0.2) is 58.3 Å². The van der Waals surface area contributed by atoms with E-state index in [0.29, 0.717) is 42.6 Å². The molecule has 6 nitrogen and oxygen atoms in total. The number of nitrogens with zero attached hydrogens (tertiary/aromatic N) is 1. The molecule has 1 aliphatic rings. The first-order valence-electron chi connectivity index (χ1n) is 6.55. The zero-order valence-corrected chi connectivity index (χ0v) is 13.3. The van der Waals surface area contributed by atoms with E-state index in [1.165, 1.54) is 0 Å². The van der Waals surface area contributed by atoms with Crippen LogP contribution in [0.2, 0.25) is 0 Å². The molecule has 0 unspecified atom stereocenters. The molecular formula is C14H21ClN2O4. The molecular weight excluding hydrogens is 296 g/mol. The molecule has 0 fully saturated rings. The number of fused-ring (bicyclic) bond motifs is 1. The van der Waals surface area contributed by atoms with Crippen LogP contribution in [0.4, 0.5) is 0 Å². The van der Waals surface area contributed by atoms with E-state index in [9.17, 15) is 4.79 Å². The molecule has 0 saturated heterocycles. The van der Waals surface area contributed by atoms with Crippen molar-refractivity contribution in [1.82, 2.24) is 10.2 Å². The summed E-state index contributed by atoms with van der Waals surface area (Å²) in [6.45, 7) is 2.33. The molecule has 0 spiro atoms. The summed E-state index contributed by atoms with van der Waals surface area (Å²) in [5.41, 5.74) is 0.532. The molecule has 1 aromatic carbocycles. The summed E-state index contributed by atoms with van der Waals surface area (Å²) in [5, 5.41) is 3.01. The van der Waals surface area contributed by atoms with Gasteiger partial charge in [0.2, 0.25) is 5.75 Å². The van der Waals surface area contributed by atoms with Crippen LogP contribution in [0, 0.1) is 0 Å². The van der Waals surface area contributed by atoms with E-state index in [1.54, 1.807) is 31.2 Å². The number of carbonyl (C=O) groups is 1. The lowest BCUT2D eigenvalue weighted by Crippen LogP contribution is -2.32. The van der Waals surface area contributed by atoms with Gasteiger partial charge in [0.05, 0.1) is 7.11 Å². The van der Waals surface area contributed by atoms with Gasteiger partial charge >= 0.3 is 0 Å². The molecule has 0 aromatic heterocycles. The maximum Gasteiger partial charge on any atom is 0.253 e. The summed E-state index contributed by atoms with van der Waals surface area (Å²) < 4.78 is 16.3. The zero-order valence-electron chi connectivity index (χ0n) is 12.5. The Labute approximate surface area is 130 Å². The van der Waals surface area contributed by atoms with Gasteiger partial charge in [0.15, 0.2) is 11.5 Å². The third kappa shape index (κ3) is 3.92. The summed E-state index contributed by atoms with van der Waals surface area (Å²) in [6, 6.07) is 3.39. The van der Waals surface area contributed by atoms with Crippen LogP contribution in [0.25, 0.3) is 0 Å². The Hall–Kier alpha value is -1.66. The monoisotopic (exact) mass is 316 g/mol. The largest absolute Gasteiger partial charge is 0.493 e. The quantitative estimate of drug-likeness (QED) is 0.884. The normalized spacial score (nSPS) is 12.3. The molecule has 0 aliphatic carbocycles. The standard InChI is InChI=1S/C14H20N2O4.ClH/c1-15-4-5-16(2)14(17)10-8-11(18-3)13-12(9-10)19-6-7-20-13;/h8-9,15H,4-7H2,1-3H3;1H. The van der Waals surface area contributed by atoms with Crippen molar-refractivity contribution in [1.29, 1.82) is 0 Å². The molecule has 0 saturated carbocycles. The fourth-order valence-corrected chi connectivity index (χ4v) is 2.00. The van der Waals surface area contributed by atoms with Gasteiger partial charge in [-0.15, -0.1) is 12.4 Å². The molecule has 21 heavy (non-hydrogen) atoms. The summed E-state index contributed by atoms with van der Waals surface area (Å²) in [5.74, 6) is 1.57. The number of halogens is 1. The Balaban J connectivity index is 0.00000220. The van der Waals surface area contributed by atoms with E-state index in [2.05, 4.69) is 5.32 Å². The number of methoxy groups -OCH3 is 1. The lowest BCUT2D eigenvalue weighted by atomic mass is 10.1. The van der Waals surface area contributed by atoms with Crippen molar-refractivity contribution in [3.8, 4) is 17.2 Å². The number of hydrogen-bond donors (Lipinski definition) is 1. The van der Waals surface area contributed by atoms with Crippen molar-refractivity contribution in [3.63, 3.8) is 0 Å². The van der Waals surface area contributed by atoms with Gasteiger partial charge in [0.1, 0.15) is 13.2 Å². The maximum absolute atomic E-state index is 12.4. The highest BCUT2D eigenvalue weighted by atomic mass is 35.5. The van der Waals surface area contributed by atoms with Crippen molar-refractivity contribution in [2.45, 2.75) is 0 Å². The number of likely N-dealkylation sites (N-methyl/N-ethyl adjacent to an activating group) is 2. The average Bonchev–Trinajstić information content (AvgIpc) is 2.50. The third-order valence-electron chi connectivity index (χ3n) is 3.12. The average molecular weight is 317 g/mol. The highest BCUT2D eigenvalue weighted by molar-refractivity contribution is 5.95. The molecule has 1 aliphatic heterocycles. The molecule has 1 heterocycles. The van der Waals surface area contributed by atoms with Crippen LogP contribution >= 0.6 is 12.4 Å². The van der Waals surface area contributed by atoms with Crippen molar-refractivity contribution in [2.24, 2.45) is 0 Å². The number of rotatable bonds is 5. The molecule has 1 aromatic rings. The van der Waals surface area contributed by atoms with E-state index in [1.807, 2.05) is 7.05 Å². The van der Waals surface area contributed by atoms with E-state index in [-0.39, 0.29) is 18.3 Å². The smallest absolute Gasteiger partial charge is 0.253 e. The fraction of sp³-hybridized carbons (Fsp3) is 0.500.